The molecule has 6 nitrogen and oxygen atoms in total. The van der Waals surface area contributed by atoms with E-state index >= 15 is 0 Å². The summed E-state index contributed by atoms with van der Waals surface area (Å²) >= 11 is 0. The molecule has 0 atom stereocenters. The van der Waals surface area contributed by atoms with Crippen molar-refractivity contribution in [2.24, 2.45) is 7.05 Å². The van der Waals surface area contributed by atoms with Crippen LogP contribution in [0.4, 0.5) is 11.5 Å². The molecule has 0 amide bonds. The van der Waals surface area contributed by atoms with E-state index in [9.17, 15) is 4.79 Å². The van der Waals surface area contributed by atoms with Crippen LogP contribution in [0.2, 0.25) is 0 Å². The molecule has 0 bridgehead atoms. The minimum absolute atomic E-state index is 0.211. The van der Waals surface area contributed by atoms with E-state index in [4.69, 9.17) is 5.41 Å². The van der Waals surface area contributed by atoms with Gasteiger partial charge in [0.2, 0.25) is 5.56 Å². The van der Waals surface area contributed by atoms with Gasteiger partial charge in [0.05, 0.1) is 11.9 Å². The smallest absolute Gasteiger partial charge is 0.249 e. The summed E-state index contributed by atoms with van der Waals surface area (Å²) < 4.78 is 1.65. The van der Waals surface area contributed by atoms with Gasteiger partial charge in [-0.25, -0.2) is 0 Å². The van der Waals surface area contributed by atoms with Crippen LogP contribution in [-0.2, 0) is 7.05 Å². The molecule has 3 N–H and O–H groups in total. The van der Waals surface area contributed by atoms with Crippen molar-refractivity contribution in [2.45, 2.75) is 0 Å². The molecule has 0 fully saturated rings. The van der Waals surface area contributed by atoms with Crippen LogP contribution in [0.3, 0.4) is 0 Å². The normalized spacial score (nSPS) is 10.1. The summed E-state index contributed by atoms with van der Waals surface area (Å²) in [5.41, 5.74) is 1.16. The summed E-state index contributed by atoms with van der Waals surface area (Å²) in [4.78, 5) is 13.8. The Morgan fingerprint density at radius 3 is 3.00 bits per heavy atom. The number of H-pyrrole nitrogens is 1. The number of aromatic nitrogens is 3. The van der Waals surface area contributed by atoms with Crippen molar-refractivity contribution in [3.63, 3.8) is 0 Å². The number of hydrogen-bond donors (Lipinski definition) is 3. The van der Waals surface area contributed by atoms with E-state index in [1.165, 1.54) is 12.3 Å². The number of nitrogens with zero attached hydrogens (tertiary/aromatic N) is 2. The lowest BCUT2D eigenvalue weighted by Crippen LogP contribution is -2.09. The standard InChI is InChI=1S/C10H11N5O/c1-15-6-8(5-12-15)13-10-7(4-11)2-3-9(16)14-10/h2-6,11H,1H3,(H2,13,14,16). The van der Waals surface area contributed by atoms with Crippen LogP contribution in [0.1, 0.15) is 5.56 Å². The van der Waals surface area contributed by atoms with Gasteiger partial charge in [-0.05, 0) is 6.07 Å². The highest BCUT2D eigenvalue weighted by molar-refractivity contribution is 5.85. The molecule has 0 aliphatic carbocycles. The summed E-state index contributed by atoms with van der Waals surface area (Å²) in [6.07, 6.45) is 4.59. The van der Waals surface area contributed by atoms with Gasteiger partial charge in [0.15, 0.2) is 0 Å². The number of rotatable bonds is 3. The monoisotopic (exact) mass is 217 g/mol. The van der Waals surface area contributed by atoms with Crippen molar-refractivity contribution in [3.05, 3.63) is 40.4 Å². The van der Waals surface area contributed by atoms with Crippen LogP contribution in [0.5, 0.6) is 0 Å². The molecule has 0 aliphatic heterocycles. The molecular weight excluding hydrogens is 206 g/mol. The largest absolute Gasteiger partial charge is 0.339 e. The van der Waals surface area contributed by atoms with Crippen molar-refractivity contribution in [2.75, 3.05) is 5.32 Å². The summed E-state index contributed by atoms with van der Waals surface area (Å²) in [5, 5.41) is 14.2. The Morgan fingerprint density at radius 1 is 1.56 bits per heavy atom. The Kier molecular flexibility index (Phi) is 2.55. The van der Waals surface area contributed by atoms with E-state index in [0.29, 0.717) is 11.4 Å². The number of aryl methyl sites for hydroxylation is 1. The molecule has 0 aliphatic rings. The number of pyridine rings is 1. The van der Waals surface area contributed by atoms with Gasteiger partial charge in [-0.15, -0.1) is 0 Å². The lowest BCUT2D eigenvalue weighted by molar-refractivity contribution is 0.768. The molecule has 0 unspecified atom stereocenters. The van der Waals surface area contributed by atoms with Crippen LogP contribution in [0.15, 0.2) is 29.3 Å². The first-order chi connectivity index (χ1) is 7.69. The third-order valence-electron chi connectivity index (χ3n) is 2.08. The first-order valence-electron chi connectivity index (χ1n) is 4.68. The maximum Gasteiger partial charge on any atom is 0.249 e. The van der Waals surface area contributed by atoms with Gasteiger partial charge in [-0.3, -0.25) is 9.48 Å². The fourth-order valence-electron chi connectivity index (χ4n) is 1.34. The molecule has 0 aromatic carbocycles. The second kappa shape index (κ2) is 4.01. The Morgan fingerprint density at radius 2 is 2.38 bits per heavy atom. The first kappa shape index (κ1) is 10.2. The number of nitrogens with one attached hydrogen (secondary N) is 3. The van der Waals surface area contributed by atoms with Crippen molar-refractivity contribution >= 4 is 17.7 Å². The van der Waals surface area contributed by atoms with Crippen molar-refractivity contribution < 1.29 is 0 Å². The summed E-state index contributed by atoms with van der Waals surface area (Å²) in [6, 6.07) is 2.97. The molecule has 82 valence electrons. The maximum atomic E-state index is 11.2. The van der Waals surface area contributed by atoms with Crippen LogP contribution in [0, 0.1) is 5.41 Å². The molecule has 2 heterocycles. The molecule has 2 rings (SSSR count). The number of aromatic amines is 1. The van der Waals surface area contributed by atoms with Gasteiger partial charge in [0.25, 0.3) is 0 Å². The van der Waals surface area contributed by atoms with Crippen LogP contribution < -0.4 is 10.9 Å². The number of hydrogen-bond acceptors (Lipinski definition) is 4. The lowest BCUT2D eigenvalue weighted by atomic mass is 10.2. The third-order valence-corrected chi connectivity index (χ3v) is 2.08. The van der Waals surface area contributed by atoms with E-state index in [0.717, 1.165) is 5.69 Å². The van der Waals surface area contributed by atoms with Gasteiger partial charge < -0.3 is 15.7 Å². The van der Waals surface area contributed by atoms with E-state index in [-0.39, 0.29) is 5.56 Å². The zero-order chi connectivity index (χ0) is 11.5. The van der Waals surface area contributed by atoms with Crippen LogP contribution >= 0.6 is 0 Å². The zero-order valence-electron chi connectivity index (χ0n) is 8.69. The molecule has 2 aromatic heterocycles. The molecule has 0 spiro atoms. The first-order valence-corrected chi connectivity index (χ1v) is 4.68. The van der Waals surface area contributed by atoms with Gasteiger partial charge >= 0.3 is 0 Å². The summed E-state index contributed by atoms with van der Waals surface area (Å²) in [6.45, 7) is 0. The van der Waals surface area contributed by atoms with Crippen LogP contribution in [-0.4, -0.2) is 21.0 Å². The van der Waals surface area contributed by atoms with Crippen molar-refractivity contribution in [3.8, 4) is 0 Å². The zero-order valence-corrected chi connectivity index (χ0v) is 8.69. The summed E-state index contributed by atoms with van der Waals surface area (Å²) in [5.74, 6) is 0.496. The average Bonchev–Trinajstić information content (AvgIpc) is 2.64. The van der Waals surface area contributed by atoms with Gasteiger partial charge in [-0.1, -0.05) is 0 Å². The second-order valence-electron chi connectivity index (χ2n) is 3.32. The van der Waals surface area contributed by atoms with Crippen molar-refractivity contribution in [1.82, 2.24) is 14.8 Å². The summed E-state index contributed by atoms with van der Waals surface area (Å²) in [7, 11) is 1.80. The van der Waals surface area contributed by atoms with Gasteiger partial charge in [0, 0.05) is 31.1 Å². The Bertz CT molecular complexity index is 569. The molecule has 6 heteroatoms. The quantitative estimate of drug-likeness (QED) is 0.666. The van der Waals surface area contributed by atoms with E-state index in [1.807, 2.05) is 0 Å². The fourth-order valence-corrected chi connectivity index (χ4v) is 1.34. The minimum atomic E-state index is -0.211. The molecule has 0 saturated carbocycles. The Hall–Kier alpha value is -2.37. The van der Waals surface area contributed by atoms with Gasteiger partial charge in [0.1, 0.15) is 5.82 Å². The highest BCUT2D eigenvalue weighted by Gasteiger charge is 2.02. The second-order valence-corrected chi connectivity index (χ2v) is 3.32. The fraction of sp³-hybridized carbons (Fsp3) is 0.100. The van der Waals surface area contributed by atoms with E-state index in [1.54, 1.807) is 30.2 Å². The van der Waals surface area contributed by atoms with Crippen LogP contribution in [0.25, 0.3) is 0 Å². The topological polar surface area (TPSA) is 86.6 Å². The minimum Gasteiger partial charge on any atom is -0.339 e. The third kappa shape index (κ3) is 2.00. The Labute approximate surface area is 91.4 Å². The highest BCUT2D eigenvalue weighted by Crippen LogP contribution is 2.14. The number of anilines is 2. The molecule has 2 aromatic rings. The predicted molar refractivity (Wildman–Crippen MR) is 61.4 cm³/mol. The average molecular weight is 217 g/mol. The molecule has 0 saturated heterocycles. The molecule has 0 radical (unpaired) electrons. The molecular formula is C10H11N5O. The predicted octanol–water partition coefficient (Wildman–Crippen LogP) is 0.850. The van der Waals surface area contributed by atoms with E-state index < -0.39 is 0 Å². The molecule has 16 heavy (non-hydrogen) atoms. The Balaban J connectivity index is 2.36. The lowest BCUT2D eigenvalue weighted by Gasteiger charge is -2.05. The van der Waals surface area contributed by atoms with E-state index in [2.05, 4.69) is 15.4 Å². The SMILES string of the molecule is Cn1cc(Nc2[nH]c(=O)ccc2C=N)cn1. The van der Waals surface area contributed by atoms with Gasteiger partial charge in [-0.2, -0.15) is 5.10 Å². The maximum absolute atomic E-state index is 11.2. The highest BCUT2D eigenvalue weighted by atomic mass is 16.1. The van der Waals surface area contributed by atoms with Crippen molar-refractivity contribution in [1.29, 1.82) is 5.41 Å².